The predicted molar refractivity (Wildman–Crippen MR) is 66.3 cm³/mol. The van der Waals surface area contributed by atoms with Gasteiger partial charge in [-0.25, -0.2) is 0 Å². The Labute approximate surface area is 99.6 Å². The summed E-state index contributed by atoms with van der Waals surface area (Å²) in [7, 11) is 0. The van der Waals surface area contributed by atoms with E-state index in [1.165, 1.54) is 0 Å². The maximum atomic E-state index is 12.3. The molecule has 1 N–H and O–H groups in total. The second-order valence-electron chi connectivity index (χ2n) is 3.53. The van der Waals surface area contributed by atoms with Gasteiger partial charge in [-0.05, 0) is 25.0 Å². The highest BCUT2D eigenvalue weighted by Gasteiger charge is 2.11. The molecule has 90 valence electrons. The maximum Gasteiger partial charge on any atom is 0.288 e. The van der Waals surface area contributed by atoms with Gasteiger partial charge >= 0.3 is 0 Å². The van der Waals surface area contributed by atoms with Crippen LogP contribution in [0.5, 0.6) is 0 Å². The van der Waals surface area contributed by atoms with E-state index in [0.29, 0.717) is 22.7 Å². The maximum absolute atomic E-state index is 12.3. The molecule has 0 saturated carbocycles. The highest BCUT2D eigenvalue weighted by Crippen LogP contribution is 2.32. The largest absolute Gasteiger partial charge is 0.381 e. The molecule has 0 spiro atoms. The first-order valence-corrected chi connectivity index (χ1v) is 6.35. The van der Waals surface area contributed by atoms with Gasteiger partial charge in [-0.2, -0.15) is 8.78 Å². The highest BCUT2D eigenvalue weighted by atomic mass is 32.2. The van der Waals surface area contributed by atoms with E-state index < -0.39 is 5.76 Å². The van der Waals surface area contributed by atoms with Crippen LogP contribution in [0.4, 0.5) is 14.5 Å². The summed E-state index contributed by atoms with van der Waals surface area (Å²) in [5.41, 5.74) is 0.807. The zero-order valence-electron chi connectivity index (χ0n) is 9.54. The third-order valence-electron chi connectivity index (χ3n) is 2.45. The normalized spacial score (nSPS) is 11.1. The lowest BCUT2D eigenvalue weighted by Gasteiger charge is -2.18. The molecule has 0 radical (unpaired) electrons. The third kappa shape index (κ3) is 4.00. The Kier molecular flexibility index (Phi) is 5.60. The first-order chi connectivity index (χ1) is 7.67. The molecule has 0 unspecified atom stereocenters. The van der Waals surface area contributed by atoms with Crippen LogP contribution >= 0.6 is 11.8 Å². The van der Waals surface area contributed by atoms with Crippen molar-refractivity contribution in [1.29, 1.82) is 0 Å². The minimum absolute atomic E-state index is 0.347. The standard InChI is InChI=1S/C12H17F2NS/c1-3-9(4-2)15-10-7-5-6-8-11(10)16-12(13)14/h5-9,12,15H,3-4H2,1-2H3. The number of rotatable bonds is 6. The number of thioether (sulfide) groups is 1. The number of hydrogen-bond donors (Lipinski definition) is 1. The van der Waals surface area contributed by atoms with Gasteiger partial charge in [-0.1, -0.05) is 37.7 Å². The van der Waals surface area contributed by atoms with Crippen LogP contribution in [0.3, 0.4) is 0 Å². The predicted octanol–water partition coefficient (Wildman–Crippen LogP) is 4.60. The molecular formula is C12H17F2NS. The molecule has 0 fully saturated rings. The van der Waals surface area contributed by atoms with Crippen LogP contribution < -0.4 is 5.32 Å². The van der Waals surface area contributed by atoms with Crippen molar-refractivity contribution in [2.75, 3.05) is 5.32 Å². The lowest BCUT2D eigenvalue weighted by Crippen LogP contribution is -2.17. The molecular weight excluding hydrogens is 228 g/mol. The van der Waals surface area contributed by atoms with Crippen LogP contribution in [0.2, 0.25) is 0 Å². The number of benzene rings is 1. The van der Waals surface area contributed by atoms with Crippen LogP contribution in [0.25, 0.3) is 0 Å². The molecule has 4 heteroatoms. The SMILES string of the molecule is CCC(CC)Nc1ccccc1SC(F)F. The Balaban J connectivity index is 2.77. The first kappa shape index (κ1) is 13.3. The molecule has 0 bridgehead atoms. The van der Waals surface area contributed by atoms with Crippen LogP contribution in [0.15, 0.2) is 29.2 Å². The Morgan fingerprint density at radius 3 is 2.38 bits per heavy atom. The van der Waals surface area contributed by atoms with Crippen molar-refractivity contribution in [2.24, 2.45) is 0 Å². The van der Waals surface area contributed by atoms with Gasteiger partial charge in [0.1, 0.15) is 0 Å². The van der Waals surface area contributed by atoms with Gasteiger partial charge in [-0.15, -0.1) is 0 Å². The van der Waals surface area contributed by atoms with Crippen molar-refractivity contribution in [2.45, 2.75) is 43.4 Å². The average Bonchev–Trinajstić information content (AvgIpc) is 2.27. The number of nitrogens with one attached hydrogen (secondary N) is 1. The van der Waals surface area contributed by atoms with Gasteiger partial charge in [0.05, 0.1) is 0 Å². The molecule has 0 aliphatic rings. The summed E-state index contributed by atoms with van der Waals surface area (Å²) >= 11 is 0.592. The van der Waals surface area contributed by atoms with Gasteiger partial charge in [0.15, 0.2) is 0 Å². The van der Waals surface area contributed by atoms with E-state index >= 15 is 0 Å². The molecule has 1 rings (SSSR count). The fourth-order valence-electron chi connectivity index (χ4n) is 1.50. The van der Waals surface area contributed by atoms with Gasteiger partial charge in [0, 0.05) is 16.6 Å². The van der Waals surface area contributed by atoms with E-state index in [1.807, 2.05) is 12.1 Å². The van der Waals surface area contributed by atoms with Crippen LogP contribution in [0.1, 0.15) is 26.7 Å². The Bertz CT molecular complexity index is 314. The topological polar surface area (TPSA) is 12.0 Å². The smallest absolute Gasteiger partial charge is 0.288 e. The summed E-state index contributed by atoms with van der Waals surface area (Å²) in [5, 5.41) is 3.30. The molecule has 1 nitrogen and oxygen atoms in total. The van der Waals surface area contributed by atoms with E-state index in [1.54, 1.807) is 12.1 Å². The summed E-state index contributed by atoms with van der Waals surface area (Å²) in [4.78, 5) is 0.615. The molecule has 0 saturated heterocycles. The zero-order chi connectivity index (χ0) is 12.0. The van der Waals surface area contributed by atoms with Crippen LogP contribution in [0, 0.1) is 0 Å². The molecule has 0 atom stereocenters. The summed E-state index contributed by atoms with van der Waals surface area (Å²) in [6.45, 7) is 4.17. The van der Waals surface area contributed by atoms with E-state index in [4.69, 9.17) is 0 Å². The van der Waals surface area contributed by atoms with Crippen molar-refractivity contribution in [3.05, 3.63) is 24.3 Å². The fraction of sp³-hybridized carbons (Fsp3) is 0.500. The summed E-state index contributed by atoms with van der Waals surface area (Å²) < 4.78 is 24.7. The Morgan fingerprint density at radius 2 is 1.81 bits per heavy atom. The zero-order valence-corrected chi connectivity index (χ0v) is 10.4. The van der Waals surface area contributed by atoms with Crippen molar-refractivity contribution in [3.63, 3.8) is 0 Å². The molecule has 0 aromatic heterocycles. The van der Waals surface area contributed by atoms with Crippen molar-refractivity contribution < 1.29 is 8.78 Å². The molecule has 16 heavy (non-hydrogen) atoms. The molecule has 0 aliphatic carbocycles. The third-order valence-corrected chi connectivity index (χ3v) is 3.24. The van der Waals surface area contributed by atoms with Gasteiger partial charge in [-0.3, -0.25) is 0 Å². The number of halogens is 2. The average molecular weight is 245 g/mol. The number of para-hydroxylation sites is 1. The quantitative estimate of drug-likeness (QED) is 0.735. The number of alkyl halides is 2. The van der Waals surface area contributed by atoms with Gasteiger partial charge < -0.3 is 5.32 Å². The lowest BCUT2D eigenvalue weighted by molar-refractivity contribution is 0.252. The first-order valence-electron chi connectivity index (χ1n) is 5.47. The fourth-order valence-corrected chi connectivity index (χ4v) is 2.10. The number of anilines is 1. The Hall–Kier alpha value is -0.770. The van der Waals surface area contributed by atoms with Gasteiger partial charge in [0.2, 0.25) is 0 Å². The van der Waals surface area contributed by atoms with Gasteiger partial charge in [0.25, 0.3) is 5.76 Å². The van der Waals surface area contributed by atoms with E-state index in [9.17, 15) is 8.78 Å². The van der Waals surface area contributed by atoms with Crippen LogP contribution in [-0.4, -0.2) is 11.8 Å². The molecule has 0 amide bonds. The molecule has 1 aromatic carbocycles. The van der Waals surface area contributed by atoms with E-state index in [2.05, 4.69) is 19.2 Å². The highest BCUT2D eigenvalue weighted by molar-refractivity contribution is 7.99. The van der Waals surface area contributed by atoms with E-state index in [0.717, 1.165) is 18.5 Å². The number of hydrogen-bond acceptors (Lipinski definition) is 2. The van der Waals surface area contributed by atoms with Crippen molar-refractivity contribution in [1.82, 2.24) is 0 Å². The summed E-state index contributed by atoms with van der Waals surface area (Å²) in [6, 6.07) is 7.56. The molecule has 0 aliphatic heterocycles. The Morgan fingerprint density at radius 1 is 1.19 bits per heavy atom. The monoisotopic (exact) mass is 245 g/mol. The summed E-state index contributed by atoms with van der Waals surface area (Å²) in [5.74, 6) is -2.37. The molecule has 0 heterocycles. The second kappa shape index (κ2) is 6.74. The molecule has 1 aromatic rings. The second-order valence-corrected chi connectivity index (χ2v) is 4.56. The van der Waals surface area contributed by atoms with Crippen molar-refractivity contribution >= 4 is 17.4 Å². The van der Waals surface area contributed by atoms with Crippen LogP contribution in [-0.2, 0) is 0 Å². The van der Waals surface area contributed by atoms with Crippen molar-refractivity contribution in [3.8, 4) is 0 Å². The van der Waals surface area contributed by atoms with E-state index in [-0.39, 0.29) is 0 Å². The summed E-state index contributed by atoms with van der Waals surface area (Å²) in [6.07, 6.45) is 1.98. The lowest BCUT2D eigenvalue weighted by atomic mass is 10.1. The minimum Gasteiger partial charge on any atom is -0.381 e. The minimum atomic E-state index is -2.37.